The van der Waals surface area contributed by atoms with Crippen molar-refractivity contribution in [3.05, 3.63) is 18.0 Å². The summed E-state index contributed by atoms with van der Waals surface area (Å²) in [5.41, 5.74) is 0.480. The molecule has 1 aromatic heterocycles. The molecule has 1 rings (SSSR count). The Labute approximate surface area is 94.8 Å². The number of aryl methyl sites for hydroxylation is 1. The van der Waals surface area contributed by atoms with E-state index in [1.807, 2.05) is 0 Å². The van der Waals surface area contributed by atoms with Gasteiger partial charge in [-0.1, -0.05) is 0 Å². The highest BCUT2D eigenvalue weighted by Gasteiger charge is 2.50. The Bertz CT molecular complexity index is 405. The summed E-state index contributed by atoms with van der Waals surface area (Å²) in [6.07, 6.45) is -1.14. The van der Waals surface area contributed by atoms with E-state index in [9.17, 15) is 22.4 Å². The predicted molar refractivity (Wildman–Crippen MR) is 50.6 cm³/mol. The third kappa shape index (κ3) is 2.95. The van der Waals surface area contributed by atoms with Crippen LogP contribution < -0.4 is 0 Å². The van der Waals surface area contributed by atoms with Gasteiger partial charge in [-0.2, -0.15) is 13.9 Å². The highest BCUT2D eigenvalue weighted by Crippen LogP contribution is 2.25. The van der Waals surface area contributed by atoms with Crippen LogP contribution in [-0.4, -0.2) is 40.0 Å². The van der Waals surface area contributed by atoms with Crippen molar-refractivity contribution >= 4 is 5.91 Å². The standard InChI is InChI=1S/C9H11F4N3O/c1-15(4-6-3-14-16(2)5-6)8(17)9(12,13)7(10)11/h3,5,7H,4H2,1-2H3. The molecule has 0 bridgehead atoms. The Morgan fingerprint density at radius 1 is 1.59 bits per heavy atom. The number of halogens is 4. The largest absolute Gasteiger partial charge is 0.383 e. The molecule has 4 nitrogen and oxygen atoms in total. The summed E-state index contributed by atoms with van der Waals surface area (Å²) >= 11 is 0. The van der Waals surface area contributed by atoms with Gasteiger partial charge in [0.15, 0.2) is 0 Å². The van der Waals surface area contributed by atoms with Crippen molar-refractivity contribution in [2.75, 3.05) is 7.05 Å². The molecule has 0 atom stereocenters. The van der Waals surface area contributed by atoms with Crippen molar-refractivity contribution < 1.29 is 22.4 Å². The lowest BCUT2D eigenvalue weighted by Crippen LogP contribution is -2.45. The first-order valence-corrected chi connectivity index (χ1v) is 4.64. The molecule has 0 spiro atoms. The molecule has 0 saturated carbocycles. The van der Waals surface area contributed by atoms with Gasteiger partial charge in [0.1, 0.15) is 0 Å². The second-order valence-electron chi connectivity index (χ2n) is 3.61. The molecule has 0 saturated heterocycles. The van der Waals surface area contributed by atoms with Gasteiger partial charge in [0.05, 0.1) is 6.20 Å². The molecular weight excluding hydrogens is 242 g/mol. The summed E-state index contributed by atoms with van der Waals surface area (Å²) in [6.45, 7) is -0.199. The summed E-state index contributed by atoms with van der Waals surface area (Å²) in [6, 6.07) is 0. The maximum Gasteiger partial charge on any atom is 0.383 e. The maximum absolute atomic E-state index is 12.7. The van der Waals surface area contributed by atoms with Crippen molar-refractivity contribution in [1.82, 2.24) is 14.7 Å². The number of aromatic nitrogens is 2. The smallest absolute Gasteiger partial charge is 0.336 e. The van der Waals surface area contributed by atoms with E-state index in [-0.39, 0.29) is 6.54 Å². The van der Waals surface area contributed by atoms with Crippen molar-refractivity contribution in [1.29, 1.82) is 0 Å². The molecular formula is C9H11F4N3O. The molecule has 1 aromatic rings. The molecule has 17 heavy (non-hydrogen) atoms. The first-order chi connectivity index (χ1) is 7.75. The van der Waals surface area contributed by atoms with Gasteiger partial charge in [0, 0.05) is 32.4 Å². The second kappa shape index (κ2) is 4.72. The minimum Gasteiger partial charge on any atom is -0.336 e. The number of carbonyl (C=O) groups excluding carboxylic acids is 1. The van der Waals surface area contributed by atoms with Crippen LogP contribution in [0, 0.1) is 0 Å². The highest BCUT2D eigenvalue weighted by molar-refractivity contribution is 5.83. The van der Waals surface area contributed by atoms with Crippen molar-refractivity contribution in [3.8, 4) is 0 Å². The average Bonchev–Trinajstić information content (AvgIpc) is 2.62. The molecule has 0 aliphatic heterocycles. The summed E-state index contributed by atoms with van der Waals surface area (Å²) < 4.78 is 50.8. The zero-order valence-corrected chi connectivity index (χ0v) is 9.20. The first-order valence-electron chi connectivity index (χ1n) is 4.64. The van der Waals surface area contributed by atoms with Crippen LogP contribution in [0.5, 0.6) is 0 Å². The SMILES string of the molecule is CN(Cc1cnn(C)c1)C(=O)C(F)(F)C(F)F. The molecule has 0 N–H and O–H groups in total. The van der Waals surface area contributed by atoms with Crippen LogP contribution in [0.4, 0.5) is 17.6 Å². The molecule has 96 valence electrons. The van der Waals surface area contributed by atoms with Gasteiger partial charge in [-0.3, -0.25) is 9.48 Å². The van der Waals surface area contributed by atoms with Gasteiger partial charge in [-0.25, -0.2) is 8.78 Å². The molecule has 0 aliphatic rings. The van der Waals surface area contributed by atoms with E-state index in [0.717, 1.165) is 7.05 Å². The Morgan fingerprint density at radius 2 is 2.18 bits per heavy atom. The van der Waals surface area contributed by atoms with E-state index in [1.54, 1.807) is 7.05 Å². The van der Waals surface area contributed by atoms with Crippen LogP contribution in [0.25, 0.3) is 0 Å². The number of nitrogens with zero attached hydrogens (tertiary/aromatic N) is 3. The van der Waals surface area contributed by atoms with Crippen LogP contribution in [0.3, 0.4) is 0 Å². The zero-order chi connectivity index (χ0) is 13.2. The van der Waals surface area contributed by atoms with Crippen LogP contribution in [0.1, 0.15) is 5.56 Å². The number of alkyl halides is 4. The van der Waals surface area contributed by atoms with E-state index < -0.39 is 18.3 Å². The number of carbonyl (C=O) groups is 1. The van der Waals surface area contributed by atoms with E-state index >= 15 is 0 Å². The number of amides is 1. The number of hydrogen-bond donors (Lipinski definition) is 0. The van der Waals surface area contributed by atoms with E-state index in [4.69, 9.17) is 0 Å². The van der Waals surface area contributed by atoms with Crippen LogP contribution >= 0.6 is 0 Å². The Kier molecular flexibility index (Phi) is 3.74. The van der Waals surface area contributed by atoms with Gasteiger partial charge in [-0.05, 0) is 0 Å². The summed E-state index contributed by atoms with van der Waals surface area (Å²) in [4.78, 5) is 11.6. The normalized spacial score (nSPS) is 11.9. The zero-order valence-electron chi connectivity index (χ0n) is 9.20. The van der Waals surface area contributed by atoms with E-state index in [0.29, 0.717) is 10.5 Å². The van der Waals surface area contributed by atoms with Gasteiger partial charge >= 0.3 is 12.3 Å². The summed E-state index contributed by atoms with van der Waals surface area (Å²) in [7, 11) is 2.64. The van der Waals surface area contributed by atoms with Crippen LogP contribution in [0.15, 0.2) is 12.4 Å². The Hall–Kier alpha value is -1.60. The quantitative estimate of drug-likeness (QED) is 0.758. The molecule has 0 unspecified atom stereocenters. The lowest BCUT2D eigenvalue weighted by Gasteiger charge is -2.22. The van der Waals surface area contributed by atoms with Gasteiger partial charge in [-0.15, -0.1) is 0 Å². The fourth-order valence-corrected chi connectivity index (χ4v) is 1.25. The fraction of sp³-hybridized carbons (Fsp3) is 0.556. The minimum absolute atomic E-state index is 0.199. The monoisotopic (exact) mass is 253 g/mol. The topological polar surface area (TPSA) is 38.1 Å². The average molecular weight is 253 g/mol. The van der Waals surface area contributed by atoms with Gasteiger partial charge in [0.25, 0.3) is 5.91 Å². The second-order valence-corrected chi connectivity index (χ2v) is 3.61. The van der Waals surface area contributed by atoms with Crippen LogP contribution in [0.2, 0.25) is 0 Å². The summed E-state index contributed by atoms with van der Waals surface area (Å²) in [5, 5.41) is 3.77. The lowest BCUT2D eigenvalue weighted by molar-refractivity contribution is -0.179. The molecule has 0 aliphatic carbocycles. The fourth-order valence-electron chi connectivity index (χ4n) is 1.25. The van der Waals surface area contributed by atoms with Gasteiger partial charge < -0.3 is 4.90 Å². The third-order valence-corrected chi connectivity index (χ3v) is 2.08. The van der Waals surface area contributed by atoms with E-state index in [2.05, 4.69) is 5.10 Å². The predicted octanol–water partition coefficient (Wildman–Crippen LogP) is 1.28. The minimum atomic E-state index is -4.66. The first kappa shape index (κ1) is 13.5. The molecule has 8 heteroatoms. The van der Waals surface area contributed by atoms with Crippen molar-refractivity contribution in [2.45, 2.75) is 18.9 Å². The van der Waals surface area contributed by atoms with Gasteiger partial charge in [0.2, 0.25) is 0 Å². The molecule has 0 radical (unpaired) electrons. The molecule has 0 aromatic carbocycles. The van der Waals surface area contributed by atoms with Crippen molar-refractivity contribution in [3.63, 3.8) is 0 Å². The third-order valence-electron chi connectivity index (χ3n) is 2.08. The van der Waals surface area contributed by atoms with Crippen molar-refractivity contribution in [2.24, 2.45) is 7.05 Å². The van der Waals surface area contributed by atoms with E-state index in [1.165, 1.54) is 17.1 Å². The maximum atomic E-state index is 12.7. The molecule has 1 heterocycles. The number of rotatable bonds is 4. The lowest BCUT2D eigenvalue weighted by atomic mass is 10.2. The summed E-state index contributed by atoms with van der Waals surface area (Å²) in [5.74, 6) is -6.56. The Balaban J connectivity index is 2.71. The molecule has 1 amide bonds. The van der Waals surface area contributed by atoms with Crippen LogP contribution in [-0.2, 0) is 18.4 Å². The Morgan fingerprint density at radius 3 is 2.59 bits per heavy atom. The highest BCUT2D eigenvalue weighted by atomic mass is 19.3. The molecule has 0 fully saturated rings. The number of hydrogen-bond acceptors (Lipinski definition) is 2.